The predicted molar refractivity (Wildman–Crippen MR) is 62.2 cm³/mol. The molecule has 17 heavy (non-hydrogen) atoms. The van der Waals surface area contributed by atoms with Crippen LogP contribution in [-0.4, -0.2) is 5.91 Å². The van der Waals surface area contributed by atoms with Crippen molar-refractivity contribution >= 4 is 17.3 Å². The van der Waals surface area contributed by atoms with Gasteiger partial charge in [0.25, 0.3) is 5.91 Å². The number of para-hydroxylation sites is 1. The number of nitrogens with two attached hydrogens (primary N) is 1. The molecule has 0 saturated heterocycles. The molecule has 1 aromatic heterocycles. The first-order valence-corrected chi connectivity index (χ1v) is 4.98. The summed E-state index contributed by atoms with van der Waals surface area (Å²) >= 11 is 0. The lowest BCUT2D eigenvalue weighted by Crippen LogP contribution is -2.13. The molecule has 0 aliphatic heterocycles. The first-order chi connectivity index (χ1) is 8.08. The van der Waals surface area contributed by atoms with Gasteiger partial charge in [-0.25, -0.2) is 4.39 Å². The van der Waals surface area contributed by atoms with Gasteiger partial charge in [0.1, 0.15) is 23.5 Å². The van der Waals surface area contributed by atoms with Crippen molar-refractivity contribution < 1.29 is 13.6 Å². The molecule has 0 fully saturated rings. The van der Waals surface area contributed by atoms with Crippen LogP contribution in [0.2, 0.25) is 0 Å². The molecule has 0 spiro atoms. The van der Waals surface area contributed by atoms with Crippen LogP contribution in [0, 0.1) is 12.7 Å². The second-order valence-electron chi connectivity index (χ2n) is 3.60. The molecular weight excluding hydrogens is 223 g/mol. The van der Waals surface area contributed by atoms with Crippen LogP contribution >= 0.6 is 0 Å². The molecule has 2 rings (SSSR count). The first kappa shape index (κ1) is 11.2. The topological polar surface area (TPSA) is 68.3 Å². The van der Waals surface area contributed by atoms with Crippen molar-refractivity contribution in [1.29, 1.82) is 0 Å². The highest BCUT2D eigenvalue weighted by molar-refractivity contribution is 6.05. The summed E-state index contributed by atoms with van der Waals surface area (Å²) < 4.78 is 18.4. The fourth-order valence-corrected chi connectivity index (χ4v) is 1.42. The monoisotopic (exact) mass is 234 g/mol. The third-order valence-electron chi connectivity index (χ3n) is 2.28. The van der Waals surface area contributed by atoms with Crippen LogP contribution < -0.4 is 11.1 Å². The highest BCUT2D eigenvalue weighted by Gasteiger charge is 2.13. The van der Waals surface area contributed by atoms with Crippen molar-refractivity contribution in [2.45, 2.75) is 6.92 Å². The number of halogens is 1. The minimum atomic E-state index is -0.571. The maximum atomic E-state index is 13.4. The summed E-state index contributed by atoms with van der Waals surface area (Å²) in [6, 6.07) is 5.78. The molecular formula is C12H11FN2O2. The standard InChI is InChI=1S/C12H11FN2O2/c1-7-5-8(6-17-7)12(16)15-11-9(13)3-2-4-10(11)14/h2-6H,14H2,1H3,(H,15,16). The number of anilines is 2. The smallest absolute Gasteiger partial charge is 0.259 e. The predicted octanol–water partition coefficient (Wildman–Crippen LogP) is 2.56. The van der Waals surface area contributed by atoms with Gasteiger partial charge in [0.15, 0.2) is 0 Å². The van der Waals surface area contributed by atoms with Crippen molar-refractivity contribution in [2.75, 3.05) is 11.1 Å². The van der Waals surface area contributed by atoms with Gasteiger partial charge in [0.2, 0.25) is 0 Å². The minimum Gasteiger partial charge on any atom is -0.469 e. The number of aryl methyl sites for hydroxylation is 1. The van der Waals surface area contributed by atoms with E-state index >= 15 is 0 Å². The summed E-state index contributed by atoms with van der Waals surface area (Å²) in [5.74, 6) is -0.422. The zero-order valence-electron chi connectivity index (χ0n) is 9.16. The van der Waals surface area contributed by atoms with E-state index in [9.17, 15) is 9.18 Å². The van der Waals surface area contributed by atoms with Gasteiger partial charge >= 0.3 is 0 Å². The van der Waals surface area contributed by atoms with Crippen molar-refractivity contribution in [3.8, 4) is 0 Å². The van der Waals surface area contributed by atoms with Gasteiger partial charge in [-0.05, 0) is 25.1 Å². The number of carbonyl (C=O) groups excluding carboxylic acids is 1. The number of nitrogens with one attached hydrogen (secondary N) is 1. The first-order valence-electron chi connectivity index (χ1n) is 4.98. The molecule has 0 bridgehead atoms. The lowest BCUT2D eigenvalue weighted by molar-refractivity contribution is 0.102. The van der Waals surface area contributed by atoms with E-state index in [1.165, 1.54) is 24.5 Å². The van der Waals surface area contributed by atoms with Crippen molar-refractivity contribution in [3.63, 3.8) is 0 Å². The van der Waals surface area contributed by atoms with Crippen LogP contribution in [0.1, 0.15) is 16.1 Å². The zero-order chi connectivity index (χ0) is 12.4. The molecule has 1 heterocycles. The fourth-order valence-electron chi connectivity index (χ4n) is 1.42. The quantitative estimate of drug-likeness (QED) is 0.784. The number of hydrogen-bond donors (Lipinski definition) is 2. The number of carbonyl (C=O) groups is 1. The molecule has 4 nitrogen and oxygen atoms in total. The number of rotatable bonds is 2. The Hall–Kier alpha value is -2.30. The van der Waals surface area contributed by atoms with E-state index in [0.29, 0.717) is 11.3 Å². The molecule has 0 radical (unpaired) electrons. The maximum absolute atomic E-state index is 13.4. The second-order valence-corrected chi connectivity index (χ2v) is 3.60. The summed E-state index contributed by atoms with van der Waals surface area (Å²) in [7, 11) is 0. The van der Waals surface area contributed by atoms with Crippen LogP contribution in [-0.2, 0) is 0 Å². The fraction of sp³-hybridized carbons (Fsp3) is 0.0833. The third kappa shape index (κ3) is 2.28. The molecule has 3 N–H and O–H groups in total. The van der Waals surface area contributed by atoms with Crippen molar-refractivity contribution in [3.05, 3.63) is 47.7 Å². The molecule has 0 saturated carbocycles. The van der Waals surface area contributed by atoms with Crippen molar-refractivity contribution in [1.82, 2.24) is 0 Å². The molecule has 0 atom stereocenters. The Morgan fingerprint density at radius 2 is 2.24 bits per heavy atom. The average Bonchev–Trinajstić information content (AvgIpc) is 2.70. The van der Waals surface area contributed by atoms with Gasteiger partial charge in [-0.3, -0.25) is 4.79 Å². The lowest BCUT2D eigenvalue weighted by atomic mass is 10.2. The molecule has 2 aromatic rings. The van der Waals surface area contributed by atoms with Gasteiger partial charge in [-0.2, -0.15) is 0 Å². The summed E-state index contributed by atoms with van der Waals surface area (Å²) in [6.45, 7) is 1.72. The maximum Gasteiger partial charge on any atom is 0.259 e. The van der Waals surface area contributed by atoms with Gasteiger partial charge in [0.05, 0.1) is 11.3 Å². The highest BCUT2D eigenvalue weighted by Crippen LogP contribution is 2.22. The van der Waals surface area contributed by atoms with Crippen LogP contribution in [0.25, 0.3) is 0 Å². The largest absolute Gasteiger partial charge is 0.469 e. The molecule has 0 unspecified atom stereocenters. The Balaban J connectivity index is 2.24. The second kappa shape index (κ2) is 4.29. The zero-order valence-corrected chi connectivity index (χ0v) is 9.16. The molecule has 1 amide bonds. The van der Waals surface area contributed by atoms with Gasteiger partial charge in [-0.1, -0.05) is 6.07 Å². The van der Waals surface area contributed by atoms with E-state index in [0.717, 1.165) is 0 Å². The molecule has 88 valence electrons. The number of furan rings is 1. The Morgan fingerprint density at radius 1 is 1.47 bits per heavy atom. The van der Waals surface area contributed by atoms with Gasteiger partial charge in [-0.15, -0.1) is 0 Å². The number of benzene rings is 1. The van der Waals surface area contributed by atoms with Gasteiger partial charge in [0, 0.05) is 0 Å². The molecule has 0 aliphatic carbocycles. The Bertz CT molecular complexity index is 543. The van der Waals surface area contributed by atoms with E-state index < -0.39 is 11.7 Å². The summed E-state index contributed by atoms with van der Waals surface area (Å²) in [5.41, 5.74) is 6.06. The molecule has 1 aromatic carbocycles. The average molecular weight is 234 g/mol. The Morgan fingerprint density at radius 3 is 2.82 bits per heavy atom. The molecule has 0 aliphatic rings. The number of amides is 1. The Labute approximate surface area is 97.2 Å². The lowest BCUT2D eigenvalue weighted by Gasteiger charge is -2.07. The minimum absolute atomic E-state index is 0.0173. The van der Waals surface area contributed by atoms with E-state index in [2.05, 4.69) is 5.32 Å². The van der Waals surface area contributed by atoms with E-state index in [4.69, 9.17) is 10.2 Å². The van der Waals surface area contributed by atoms with Gasteiger partial charge < -0.3 is 15.5 Å². The SMILES string of the molecule is Cc1cc(C(=O)Nc2c(N)cccc2F)co1. The normalized spacial score (nSPS) is 10.2. The molecule has 5 heteroatoms. The van der Waals surface area contributed by atoms with Crippen LogP contribution in [0.4, 0.5) is 15.8 Å². The Kier molecular flexibility index (Phi) is 2.82. The number of nitrogen functional groups attached to an aromatic ring is 1. The van der Waals surface area contributed by atoms with Crippen LogP contribution in [0.15, 0.2) is 34.9 Å². The summed E-state index contributed by atoms with van der Waals surface area (Å²) in [6.07, 6.45) is 1.31. The third-order valence-corrected chi connectivity index (χ3v) is 2.28. The van der Waals surface area contributed by atoms with Crippen LogP contribution in [0.5, 0.6) is 0 Å². The number of hydrogen-bond acceptors (Lipinski definition) is 3. The van der Waals surface area contributed by atoms with Crippen molar-refractivity contribution in [2.24, 2.45) is 0 Å². The summed E-state index contributed by atoms with van der Waals surface area (Å²) in [5, 5.41) is 2.41. The highest BCUT2D eigenvalue weighted by atomic mass is 19.1. The summed E-state index contributed by atoms with van der Waals surface area (Å²) in [4.78, 5) is 11.7. The van der Waals surface area contributed by atoms with E-state index in [1.54, 1.807) is 13.0 Å². The van der Waals surface area contributed by atoms with E-state index in [-0.39, 0.29) is 11.4 Å². The van der Waals surface area contributed by atoms with E-state index in [1.807, 2.05) is 0 Å². The van der Waals surface area contributed by atoms with Crippen LogP contribution in [0.3, 0.4) is 0 Å².